The smallest absolute Gasteiger partial charge is 0.227 e. The van der Waals surface area contributed by atoms with Crippen LogP contribution in [-0.4, -0.2) is 5.91 Å². The summed E-state index contributed by atoms with van der Waals surface area (Å²) in [7, 11) is 0. The van der Waals surface area contributed by atoms with Crippen LogP contribution < -0.4 is 5.73 Å². The van der Waals surface area contributed by atoms with E-state index in [1.165, 1.54) is 0 Å². The molecule has 2 N–H and O–H groups in total. The SMILES string of the molecule is C=C(C(C)C)C(C)(C)C(N)=O. The highest BCUT2D eigenvalue weighted by Gasteiger charge is 2.29. The van der Waals surface area contributed by atoms with Crippen LogP contribution in [0.1, 0.15) is 27.7 Å². The van der Waals surface area contributed by atoms with Crippen molar-refractivity contribution in [1.29, 1.82) is 0 Å². The van der Waals surface area contributed by atoms with Crippen LogP contribution in [0.15, 0.2) is 12.2 Å². The lowest BCUT2D eigenvalue weighted by Gasteiger charge is -2.26. The van der Waals surface area contributed by atoms with Crippen LogP contribution in [0.3, 0.4) is 0 Å². The zero-order valence-corrected chi connectivity index (χ0v) is 7.77. The molecule has 64 valence electrons. The number of carbonyl (C=O) groups excluding carboxylic acids is 1. The molecule has 0 radical (unpaired) electrons. The summed E-state index contributed by atoms with van der Waals surface area (Å²) >= 11 is 0. The molecule has 0 atom stereocenters. The Bertz CT molecular complexity index is 180. The van der Waals surface area contributed by atoms with Gasteiger partial charge in [-0.25, -0.2) is 0 Å². The lowest BCUT2D eigenvalue weighted by molar-refractivity contribution is -0.124. The zero-order chi connectivity index (χ0) is 9.23. The molecule has 11 heavy (non-hydrogen) atoms. The predicted octanol–water partition coefficient (Wildman–Crippen LogP) is 1.71. The van der Waals surface area contributed by atoms with Crippen molar-refractivity contribution < 1.29 is 4.79 Å². The first-order chi connectivity index (χ1) is 4.80. The van der Waals surface area contributed by atoms with E-state index in [0.717, 1.165) is 5.57 Å². The van der Waals surface area contributed by atoms with Gasteiger partial charge in [-0.15, -0.1) is 0 Å². The Labute approximate surface area is 68.5 Å². The largest absolute Gasteiger partial charge is 0.369 e. The van der Waals surface area contributed by atoms with Crippen LogP contribution in [0, 0.1) is 11.3 Å². The number of primary amides is 1. The molecule has 0 unspecified atom stereocenters. The fraction of sp³-hybridized carbons (Fsp3) is 0.667. The standard InChI is InChI=1S/C9H17NO/c1-6(2)7(3)9(4,5)8(10)11/h6H,3H2,1-2,4-5H3,(H2,10,11). The van der Waals surface area contributed by atoms with E-state index in [9.17, 15) is 4.79 Å². The number of hydrogen-bond donors (Lipinski definition) is 1. The molecular weight excluding hydrogens is 138 g/mol. The van der Waals surface area contributed by atoms with E-state index in [2.05, 4.69) is 6.58 Å². The summed E-state index contributed by atoms with van der Waals surface area (Å²) in [5.74, 6) is -0.00583. The quantitative estimate of drug-likeness (QED) is 0.619. The van der Waals surface area contributed by atoms with E-state index in [1.807, 2.05) is 13.8 Å². The van der Waals surface area contributed by atoms with Gasteiger partial charge in [0, 0.05) is 0 Å². The summed E-state index contributed by atoms with van der Waals surface area (Å²) in [5.41, 5.74) is 5.53. The van der Waals surface area contributed by atoms with Gasteiger partial charge in [-0.3, -0.25) is 4.79 Å². The first-order valence-corrected chi connectivity index (χ1v) is 3.79. The lowest BCUT2D eigenvalue weighted by Crippen LogP contribution is -2.34. The van der Waals surface area contributed by atoms with Gasteiger partial charge in [0.2, 0.25) is 5.91 Å². The van der Waals surface area contributed by atoms with E-state index in [0.29, 0.717) is 5.92 Å². The summed E-state index contributed by atoms with van der Waals surface area (Å²) < 4.78 is 0. The summed E-state index contributed by atoms with van der Waals surface area (Å²) in [5, 5.41) is 0. The van der Waals surface area contributed by atoms with Gasteiger partial charge in [0.15, 0.2) is 0 Å². The molecule has 0 saturated heterocycles. The minimum absolute atomic E-state index is 0.303. The second kappa shape index (κ2) is 3.07. The fourth-order valence-electron chi connectivity index (χ4n) is 0.880. The zero-order valence-electron chi connectivity index (χ0n) is 7.77. The molecule has 0 aliphatic rings. The Balaban J connectivity index is 4.56. The van der Waals surface area contributed by atoms with Crippen LogP contribution in [0.25, 0.3) is 0 Å². The van der Waals surface area contributed by atoms with Crippen LogP contribution in [0.5, 0.6) is 0 Å². The molecule has 0 aromatic rings. The number of nitrogens with two attached hydrogens (primary N) is 1. The van der Waals surface area contributed by atoms with Crippen LogP contribution in [0.4, 0.5) is 0 Å². The maximum absolute atomic E-state index is 10.9. The van der Waals surface area contributed by atoms with E-state index in [4.69, 9.17) is 5.73 Å². The molecule has 0 rings (SSSR count). The van der Waals surface area contributed by atoms with Gasteiger partial charge in [-0.1, -0.05) is 26.0 Å². The van der Waals surface area contributed by atoms with Crippen molar-refractivity contribution >= 4 is 5.91 Å². The highest BCUT2D eigenvalue weighted by Crippen LogP contribution is 2.29. The van der Waals surface area contributed by atoms with Gasteiger partial charge in [-0.05, 0) is 19.8 Å². The number of hydrogen-bond acceptors (Lipinski definition) is 1. The molecule has 0 spiro atoms. The molecule has 0 saturated carbocycles. The molecule has 1 amide bonds. The number of amides is 1. The van der Waals surface area contributed by atoms with Crippen molar-refractivity contribution in [3.63, 3.8) is 0 Å². The molecule has 0 heterocycles. The predicted molar refractivity (Wildman–Crippen MR) is 47.0 cm³/mol. The van der Waals surface area contributed by atoms with Gasteiger partial charge in [-0.2, -0.15) is 0 Å². The fourth-order valence-corrected chi connectivity index (χ4v) is 0.880. The third kappa shape index (κ3) is 2.07. The normalized spacial score (nSPS) is 11.7. The van der Waals surface area contributed by atoms with E-state index in [-0.39, 0.29) is 5.91 Å². The van der Waals surface area contributed by atoms with E-state index in [1.54, 1.807) is 13.8 Å². The van der Waals surface area contributed by atoms with Gasteiger partial charge in [0.1, 0.15) is 0 Å². The Morgan fingerprint density at radius 1 is 1.45 bits per heavy atom. The Morgan fingerprint density at radius 3 is 1.91 bits per heavy atom. The molecule has 0 bridgehead atoms. The summed E-state index contributed by atoms with van der Waals surface area (Å²) in [6, 6.07) is 0. The summed E-state index contributed by atoms with van der Waals surface area (Å²) in [6.45, 7) is 11.5. The average molecular weight is 155 g/mol. The van der Waals surface area contributed by atoms with E-state index < -0.39 is 5.41 Å². The lowest BCUT2D eigenvalue weighted by atomic mass is 9.79. The third-order valence-corrected chi connectivity index (χ3v) is 2.12. The highest BCUT2D eigenvalue weighted by molar-refractivity contribution is 5.83. The van der Waals surface area contributed by atoms with Gasteiger partial charge >= 0.3 is 0 Å². The van der Waals surface area contributed by atoms with Crippen LogP contribution in [-0.2, 0) is 4.79 Å². The van der Waals surface area contributed by atoms with Crippen molar-refractivity contribution in [2.45, 2.75) is 27.7 Å². The number of rotatable bonds is 3. The molecule has 0 fully saturated rings. The van der Waals surface area contributed by atoms with Crippen molar-refractivity contribution in [3.05, 3.63) is 12.2 Å². The number of carbonyl (C=O) groups is 1. The second-order valence-corrected chi connectivity index (χ2v) is 3.67. The van der Waals surface area contributed by atoms with Crippen LogP contribution >= 0.6 is 0 Å². The molecule has 2 heteroatoms. The van der Waals surface area contributed by atoms with Crippen molar-refractivity contribution in [3.8, 4) is 0 Å². The Morgan fingerprint density at radius 2 is 1.82 bits per heavy atom. The monoisotopic (exact) mass is 155 g/mol. The minimum atomic E-state index is -0.575. The third-order valence-electron chi connectivity index (χ3n) is 2.12. The Kier molecular flexibility index (Phi) is 2.85. The molecule has 2 nitrogen and oxygen atoms in total. The topological polar surface area (TPSA) is 43.1 Å². The van der Waals surface area contributed by atoms with Gasteiger partial charge < -0.3 is 5.73 Å². The second-order valence-electron chi connectivity index (χ2n) is 3.67. The summed E-state index contributed by atoms with van der Waals surface area (Å²) in [4.78, 5) is 10.9. The maximum atomic E-state index is 10.9. The molecule has 0 aromatic heterocycles. The van der Waals surface area contributed by atoms with Crippen molar-refractivity contribution in [2.24, 2.45) is 17.1 Å². The van der Waals surface area contributed by atoms with Crippen molar-refractivity contribution in [2.75, 3.05) is 0 Å². The first kappa shape index (κ1) is 10.2. The van der Waals surface area contributed by atoms with Gasteiger partial charge in [0.05, 0.1) is 5.41 Å². The molecular formula is C9H17NO. The molecule has 0 aliphatic carbocycles. The van der Waals surface area contributed by atoms with Crippen LogP contribution in [0.2, 0.25) is 0 Å². The van der Waals surface area contributed by atoms with Crippen molar-refractivity contribution in [1.82, 2.24) is 0 Å². The molecule has 0 aliphatic heterocycles. The maximum Gasteiger partial charge on any atom is 0.227 e. The Hall–Kier alpha value is -0.790. The highest BCUT2D eigenvalue weighted by atomic mass is 16.1. The van der Waals surface area contributed by atoms with E-state index >= 15 is 0 Å². The summed E-state index contributed by atoms with van der Waals surface area (Å²) in [6.07, 6.45) is 0. The first-order valence-electron chi connectivity index (χ1n) is 3.79. The minimum Gasteiger partial charge on any atom is -0.369 e. The average Bonchev–Trinajstić information content (AvgIpc) is 1.85. The van der Waals surface area contributed by atoms with Gasteiger partial charge in [0.25, 0.3) is 0 Å². The molecule has 0 aromatic carbocycles.